The molecule has 0 aromatic carbocycles. The Bertz CT molecular complexity index is 684. The van der Waals surface area contributed by atoms with Gasteiger partial charge in [0.2, 0.25) is 0 Å². The molecule has 4 aliphatic carbocycles. The molecule has 3 saturated carbocycles. The van der Waals surface area contributed by atoms with Crippen LogP contribution >= 0.6 is 11.8 Å². The van der Waals surface area contributed by atoms with Gasteiger partial charge in [0.15, 0.2) is 10.9 Å². The molecule has 0 aromatic heterocycles. The number of carbonyl (C=O) groups is 2. The standard InChI is InChI=1S/C22H29FO2S/c1-3-22-11-9-17-16(18(22)6-7-19(22)20(25)26-13-23)5-4-14-12-15(24)8-10-21(14,17)2/h8,10,12,16-19H,3-7,9,11,13H2,1-2H3/t16-,17+,18+,19?,21+,22+/m1/s1. The number of ketones is 1. The molecular weight excluding hydrogens is 347 g/mol. The second-order valence-corrected chi connectivity index (χ2v) is 9.84. The van der Waals surface area contributed by atoms with Gasteiger partial charge in [-0.1, -0.05) is 37.3 Å². The lowest BCUT2D eigenvalue weighted by atomic mass is 9.47. The minimum Gasteiger partial charge on any atom is -0.290 e. The van der Waals surface area contributed by atoms with Gasteiger partial charge in [0, 0.05) is 11.3 Å². The summed E-state index contributed by atoms with van der Waals surface area (Å²) < 4.78 is 12.8. The zero-order chi connectivity index (χ0) is 18.5. The molecule has 4 heteroatoms. The highest BCUT2D eigenvalue weighted by Gasteiger charge is 2.60. The number of hydrogen-bond acceptors (Lipinski definition) is 3. The smallest absolute Gasteiger partial charge is 0.195 e. The second kappa shape index (κ2) is 6.61. The maximum atomic E-state index is 12.8. The van der Waals surface area contributed by atoms with Crippen molar-refractivity contribution < 1.29 is 14.0 Å². The molecule has 0 amide bonds. The van der Waals surface area contributed by atoms with E-state index in [1.807, 2.05) is 6.08 Å². The van der Waals surface area contributed by atoms with E-state index in [0.29, 0.717) is 17.8 Å². The zero-order valence-corrected chi connectivity index (χ0v) is 16.6. The lowest BCUT2D eigenvalue weighted by Crippen LogP contribution is -2.51. The first-order valence-corrected chi connectivity index (χ1v) is 11.1. The third-order valence-corrected chi connectivity index (χ3v) is 9.09. The fraction of sp³-hybridized carbons (Fsp3) is 0.727. The number of carbonyl (C=O) groups excluding carboxylic acids is 2. The van der Waals surface area contributed by atoms with Gasteiger partial charge in [-0.15, -0.1) is 0 Å². The molecule has 3 fully saturated rings. The monoisotopic (exact) mass is 376 g/mol. The molecular formula is C22H29FO2S. The maximum absolute atomic E-state index is 12.8. The number of thioether (sulfide) groups is 1. The summed E-state index contributed by atoms with van der Waals surface area (Å²) in [5.41, 5.74) is 1.40. The van der Waals surface area contributed by atoms with Gasteiger partial charge in [-0.25, -0.2) is 4.39 Å². The van der Waals surface area contributed by atoms with E-state index in [1.54, 1.807) is 6.08 Å². The first-order valence-electron chi connectivity index (χ1n) is 10.1. The van der Waals surface area contributed by atoms with Crippen LogP contribution in [0.25, 0.3) is 0 Å². The van der Waals surface area contributed by atoms with Crippen molar-refractivity contribution in [1.29, 1.82) is 0 Å². The van der Waals surface area contributed by atoms with Crippen molar-refractivity contribution >= 4 is 22.7 Å². The molecule has 0 aliphatic heterocycles. The largest absolute Gasteiger partial charge is 0.290 e. The quantitative estimate of drug-likeness (QED) is 0.653. The zero-order valence-electron chi connectivity index (χ0n) is 15.8. The van der Waals surface area contributed by atoms with Crippen molar-refractivity contribution in [1.82, 2.24) is 0 Å². The van der Waals surface area contributed by atoms with Crippen molar-refractivity contribution in [2.45, 2.75) is 58.8 Å². The molecule has 142 valence electrons. The SMILES string of the molecule is CC[C@]12CC[C@H]3[C@@H](CCC4=CC(=O)C=C[C@@]43C)[C@@H]1CCC2C(=O)SCF. The van der Waals surface area contributed by atoms with Gasteiger partial charge in [-0.05, 0) is 80.3 Å². The molecule has 0 spiro atoms. The summed E-state index contributed by atoms with van der Waals surface area (Å²) in [7, 11) is 0. The van der Waals surface area contributed by atoms with Gasteiger partial charge in [-0.3, -0.25) is 9.59 Å². The predicted octanol–water partition coefficient (Wildman–Crippen LogP) is 5.49. The Hall–Kier alpha value is -0.900. The summed E-state index contributed by atoms with van der Waals surface area (Å²) in [6.07, 6.45) is 13.2. The molecule has 0 bridgehead atoms. The predicted molar refractivity (Wildman–Crippen MR) is 103 cm³/mol. The van der Waals surface area contributed by atoms with Gasteiger partial charge in [0.1, 0.15) is 6.01 Å². The van der Waals surface area contributed by atoms with Crippen LogP contribution in [0.2, 0.25) is 0 Å². The van der Waals surface area contributed by atoms with Crippen LogP contribution in [0, 0.1) is 34.5 Å². The van der Waals surface area contributed by atoms with E-state index in [1.165, 1.54) is 5.57 Å². The van der Waals surface area contributed by atoms with E-state index >= 15 is 0 Å². The van der Waals surface area contributed by atoms with Crippen molar-refractivity contribution in [2.75, 3.05) is 6.01 Å². The van der Waals surface area contributed by atoms with Crippen LogP contribution in [0.15, 0.2) is 23.8 Å². The lowest BCUT2D eigenvalue weighted by molar-refractivity contribution is -0.122. The van der Waals surface area contributed by atoms with Gasteiger partial charge in [0.25, 0.3) is 0 Å². The summed E-state index contributed by atoms with van der Waals surface area (Å²) in [5.74, 6) is 1.93. The summed E-state index contributed by atoms with van der Waals surface area (Å²) in [4.78, 5) is 24.5. The van der Waals surface area contributed by atoms with E-state index in [9.17, 15) is 14.0 Å². The highest BCUT2D eigenvalue weighted by Crippen LogP contribution is 2.67. The molecule has 1 unspecified atom stereocenters. The summed E-state index contributed by atoms with van der Waals surface area (Å²) >= 11 is 0.882. The van der Waals surface area contributed by atoms with Crippen LogP contribution in [0.5, 0.6) is 0 Å². The molecule has 4 rings (SSSR count). The molecule has 2 nitrogen and oxygen atoms in total. The Morgan fingerprint density at radius 2 is 2.08 bits per heavy atom. The fourth-order valence-electron chi connectivity index (χ4n) is 7.20. The fourth-order valence-corrected chi connectivity index (χ4v) is 7.86. The average Bonchev–Trinajstić information content (AvgIpc) is 3.02. The molecule has 0 saturated heterocycles. The lowest BCUT2D eigenvalue weighted by Gasteiger charge is -2.57. The van der Waals surface area contributed by atoms with Crippen molar-refractivity contribution in [2.24, 2.45) is 34.5 Å². The number of rotatable bonds is 3. The third-order valence-electron chi connectivity index (χ3n) is 8.41. The second-order valence-electron chi connectivity index (χ2n) is 8.93. The number of hydrogen-bond donors (Lipinski definition) is 0. The molecule has 0 aromatic rings. The van der Waals surface area contributed by atoms with E-state index in [2.05, 4.69) is 19.9 Å². The van der Waals surface area contributed by atoms with Crippen LogP contribution in [0.1, 0.15) is 58.8 Å². The first-order chi connectivity index (χ1) is 12.5. The molecule has 6 atom stereocenters. The van der Waals surface area contributed by atoms with Crippen LogP contribution in [0.4, 0.5) is 4.39 Å². The van der Waals surface area contributed by atoms with E-state index in [4.69, 9.17) is 0 Å². The minimum absolute atomic E-state index is 0.00646. The molecule has 26 heavy (non-hydrogen) atoms. The highest BCUT2D eigenvalue weighted by molar-refractivity contribution is 8.13. The average molecular weight is 377 g/mol. The Labute approximate surface area is 160 Å². The maximum Gasteiger partial charge on any atom is 0.195 e. The summed E-state index contributed by atoms with van der Waals surface area (Å²) in [6, 6.07) is -0.600. The summed E-state index contributed by atoms with van der Waals surface area (Å²) in [5, 5.41) is 0.0843. The van der Waals surface area contributed by atoms with Crippen LogP contribution in [0.3, 0.4) is 0 Å². The highest BCUT2D eigenvalue weighted by atomic mass is 32.2. The van der Waals surface area contributed by atoms with Gasteiger partial charge < -0.3 is 0 Å². The topological polar surface area (TPSA) is 34.1 Å². The van der Waals surface area contributed by atoms with Crippen molar-refractivity contribution in [3.05, 3.63) is 23.8 Å². The Morgan fingerprint density at radius 1 is 1.27 bits per heavy atom. The Balaban J connectivity index is 1.65. The summed E-state index contributed by atoms with van der Waals surface area (Å²) in [6.45, 7) is 4.54. The van der Waals surface area contributed by atoms with Gasteiger partial charge in [0.05, 0.1) is 0 Å². The normalized spacial score (nSPS) is 44.1. The van der Waals surface area contributed by atoms with E-state index in [-0.39, 0.29) is 27.6 Å². The van der Waals surface area contributed by atoms with E-state index < -0.39 is 6.01 Å². The Morgan fingerprint density at radius 3 is 2.81 bits per heavy atom. The number of fused-ring (bicyclic) bond motifs is 5. The van der Waals surface area contributed by atoms with Gasteiger partial charge >= 0.3 is 0 Å². The Kier molecular flexibility index (Phi) is 4.70. The number of allylic oxidation sites excluding steroid dienone is 4. The number of halogens is 1. The molecule has 0 heterocycles. The molecule has 4 aliphatic rings. The molecule has 0 N–H and O–H groups in total. The molecule has 0 radical (unpaired) electrons. The van der Waals surface area contributed by atoms with Crippen LogP contribution in [-0.4, -0.2) is 16.9 Å². The van der Waals surface area contributed by atoms with Crippen molar-refractivity contribution in [3.8, 4) is 0 Å². The minimum atomic E-state index is -0.600. The van der Waals surface area contributed by atoms with Crippen LogP contribution in [-0.2, 0) is 9.59 Å². The van der Waals surface area contributed by atoms with Crippen LogP contribution < -0.4 is 0 Å². The van der Waals surface area contributed by atoms with E-state index in [0.717, 1.165) is 56.7 Å². The number of alkyl halides is 1. The van der Waals surface area contributed by atoms with Crippen molar-refractivity contribution in [3.63, 3.8) is 0 Å². The first kappa shape index (κ1) is 18.5. The third kappa shape index (κ3) is 2.51. The van der Waals surface area contributed by atoms with Gasteiger partial charge in [-0.2, -0.15) is 0 Å².